The molecule has 11 aromatic carbocycles. The molecule has 0 N–H and O–H groups in total. The molecule has 0 fully saturated rings. The molecule has 366 valence electrons. The van der Waals surface area contributed by atoms with Crippen LogP contribution in [-0.4, -0.2) is 4.57 Å². The summed E-state index contributed by atoms with van der Waals surface area (Å²) < 4.78 is 2.39. The van der Waals surface area contributed by atoms with Gasteiger partial charge in [-0.2, -0.15) is 0 Å². The Morgan fingerprint density at radius 3 is 1.53 bits per heavy atom. The smallest absolute Gasteiger partial charge is 0.0736 e. The van der Waals surface area contributed by atoms with Crippen LogP contribution in [0.5, 0.6) is 0 Å². The van der Waals surface area contributed by atoms with E-state index in [-0.39, 0.29) is 0 Å². The van der Waals surface area contributed by atoms with Crippen LogP contribution in [-0.2, 0) is 10.8 Å². The van der Waals surface area contributed by atoms with Crippen molar-refractivity contribution in [1.29, 1.82) is 0 Å². The highest BCUT2D eigenvalue weighted by molar-refractivity contribution is 7.99. The molecule has 2 spiro atoms. The molecule has 0 unspecified atom stereocenters. The number of aromatic nitrogens is 1. The number of hydrogen-bond acceptors (Lipinski definition) is 3. The molecule has 0 radical (unpaired) electrons. The van der Waals surface area contributed by atoms with E-state index in [4.69, 9.17) is 0 Å². The van der Waals surface area contributed by atoms with Gasteiger partial charge in [0.2, 0.25) is 0 Å². The van der Waals surface area contributed by atoms with E-state index in [1.54, 1.807) is 0 Å². The molecule has 0 bridgehead atoms. The Morgan fingerprint density at radius 2 is 0.859 bits per heavy atom. The molecular weight excluding hydrogens is 981 g/mol. The number of anilines is 3. The van der Waals surface area contributed by atoms with Crippen LogP contribution in [0.25, 0.3) is 55.3 Å². The van der Waals surface area contributed by atoms with Gasteiger partial charge in [-0.3, -0.25) is 0 Å². The minimum atomic E-state index is -0.511. The van der Waals surface area contributed by atoms with Crippen LogP contribution >= 0.6 is 23.5 Å². The highest BCUT2D eigenvalue weighted by atomic mass is 32.2. The minimum absolute atomic E-state index is 0.468. The second kappa shape index (κ2) is 16.8. The quantitative estimate of drug-likeness (QED) is 0.170. The van der Waals surface area contributed by atoms with Gasteiger partial charge in [-0.1, -0.05) is 199 Å². The van der Waals surface area contributed by atoms with E-state index in [0.29, 0.717) is 0 Å². The fourth-order valence-corrected chi connectivity index (χ4v) is 16.9. The molecule has 12 aromatic rings. The molecule has 0 amide bonds. The van der Waals surface area contributed by atoms with E-state index in [2.05, 4.69) is 276 Å². The van der Waals surface area contributed by atoms with Crippen LogP contribution in [0, 0.1) is 0 Å². The number of para-hydroxylation sites is 2. The van der Waals surface area contributed by atoms with Crippen LogP contribution in [0.2, 0.25) is 0 Å². The summed E-state index contributed by atoms with van der Waals surface area (Å²) in [5, 5.41) is 2.50. The van der Waals surface area contributed by atoms with Gasteiger partial charge in [0, 0.05) is 53.1 Å². The van der Waals surface area contributed by atoms with Crippen LogP contribution in [0.1, 0.15) is 57.3 Å². The molecule has 78 heavy (non-hydrogen) atoms. The first-order valence-electron chi connectivity index (χ1n) is 27.2. The first-order valence-corrected chi connectivity index (χ1v) is 28.8. The molecule has 4 heteroatoms. The van der Waals surface area contributed by atoms with Crippen LogP contribution in [0.15, 0.2) is 292 Å². The van der Waals surface area contributed by atoms with Gasteiger partial charge in [0.25, 0.3) is 0 Å². The highest BCUT2D eigenvalue weighted by Crippen LogP contribution is 2.65. The zero-order valence-corrected chi connectivity index (χ0v) is 44.2. The Kier molecular flexibility index (Phi) is 9.58. The van der Waals surface area contributed by atoms with Gasteiger partial charge < -0.3 is 9.47 Å². The maximum atomic E-state index is 2.56. The molecule has 2 aliphatic heterocycles. The lowest BCUT2D eigenvalue weighted by Gasteiger charge is -2.41. The van der Waals surface area contributed by atoms with Crippen molar-refractivity contribution in [2.75, 3.05) is 4.90 Å². The molecule has 0 saturated heterocycles. The topological polar surface area (TPSA) is 8.17 Å². The summed E-state index contributed by atoms with van der Waals surface area (Å²) in [4.78, 5) is 7.80. The summed E-state index contributed by atoms with van der Waals surface area (Å²) in [7, 11) is 0. The van der Waals surface area contributed by atoms with Gasteiger partial charge in [0.1, 0.15) is 0 Å². The van der Waals surface area contributed by atoms with Crippen molar-refractivity contribution in [3.8, 4) is 27.9 Å². The number of nitrogens with zero attached hydrogens (tertiary/aromatic N) is 2. The third-order valence-corrected chi connectivity index (χ3v) is 19.9. The van der Waals surface area contributed by atoms with Crippen LogP contribution in [0.4, 0.5) is 17.1 Å². The molecule has 0 atom stereocenters. The lowest BCUT2D eigenvalue weighted by Crippen LogP contribution is -2.33. The first-order chi connectivity index (χ1) is 38.7. The second-order valence-corrected chi connectivity index (χ2v) is 23.5. The summed E-state index contributed by atoms with van der Waals surface area (Å²) in [6, 6.07) is 96.4. The Labute approximate surface area is 462 Å². The predicted octanol–water partition coefficient (Wildman–Crippen LogP) is 19.7. The SMILES string of the molecule is C1=CC2=C(CC1)c1ccc(N(c3ccc(-c4ccc5c(c4)c4ccccc4n5-c4ccccc4)cc3)c3ccc4c(c3)C3(c5ccccc5Sc5ccccc53)c3ccccc3-4)cc1C21c2ccccc2Sc2ccccc21. The summed E-state index contributed by atoms with van der Waals surface area (Å²) in [5.74, 6) is 0. The van der Waals surface area contributed by atoms with E-state index >= 15 is 0 Å². The predicted molar refractivity (Wildman–Crippen MR) is 325 cm³/mol. The molecule has 3 aliphatic carbocycles. The number of allylic oxidation sites excluding steroid dienone is 4. The normalized spacial score (nSPS) is 15.3. The third kappa shape index (κ3) is 6.02. The molecular formula is C74H48N2S2. The Morgan fingerprint density at radius 1 is 0.359 bits per heavy atom. The van der Waals surface area contributed by atoms with Gasteiger partial charge in [-0.25, -0.2) is 0 Å². The molecule has 1 aromatic heterocycles. The Bertz CT molecular complexity index is 4490. The van der Waals surface area contributed by atoms with E-state index in [9.17, 15) is 0 Å². The Hall–Kier alpha value is -8.80. The average molecular weight is 1030 g/mol. The van der Waals surface area contributed by atoms with Crippen molar-refractivity contribution < 1.29 is 0 Å². The van der Waals surface area contributed by atoms with E-state index in [0.717, 1.165) is 29.9 Å². The van der Waals surface area contributed by atoms with Crippen molar-refractivity contribution in [2.45, 2.75) is 43.3 Å². The number of rotatable bonds is 5. The number of fused-ring (bicyclic) bond motifs is 20. The summed E-state index contributed by atoms with van der Waals surface area (Å²) >= 11 is 3.81. The summed E-state index contributed by atoms with van der Waals surface area (Å²) in [5.41, 5.74) is 24.6. The standard InChI is InChI=1S/C74H48N2S2/c1-2-18-49(19-3-1)76-67-29-13-6-22-57(67)58-44-48(36-43-68(58)76)47-34-37-50(38-35-47)75(51-39-41-55-53-20-4-7-23-59(53)73(65(55)45-51)61-25-9-14-30-69(61)77-70-31-15-10-26-62(70)73)52-40-42-56-54-21-5-8-24-60(54)74(66(56)46-52)63-27-11-16-32-71(63)78-72-33-17-12-28-64(72)74/h1-4,6-20,22-46H,5,21H2. The zero-order valence-electron chi connectivity index (χ0n) is 42.5. The van der Waals surface area contributed by atoms with E-state index < -0.39 is 10.8 Å². The van der Waals surface area contributed by atoms with Gasteiger partial charge in [-0.15, -0.1) is 0 Å². The highest BCUT2D eigenvalue weighted by Gasteiger charge is 2.52. The number of benzene rings is 11. The summed E-state index contributed by atoms with van der Waals surface area (Å²) in [6.07, 6.45) is 6.94. The third-order valence-electron chi connectivity index (χ3n) is 17.6. The molecule has 0 saturated carbocycles. The fourth-order valence-electron chi connectivity index (χ4n) is 14.5. The first kappa shape index (κ1) is 44.3. The van der Waals surface area contributed by atoms with Gasteiger partial charge >= 0.3 is 0 Å². The molecule has 3 heterocycles. The average Bonchev–Trinajstić information content (AvgIpc) is 4.13. The second-order valence-electron chi connectivity index (χ2n) is 21.3. The van der Waals surface area contributed by atoms with Crippen LogP contribution in [0.3, 0.4) is 0 Å². The fraction of sp³-hybridized carbons (Fsp3) is 0.0541. The van der Waals surface area contributed by atoms with Crippen molar-refractivity contribution >= 4 is 68.0 Å². The van der Waals surface area contributed by atoms with Crippen molar-refractivity contribution in [3.05, 3.63) is 317 Å². The summed E-state index contributed by atoms with van der Waals surface area (Å²) in [6.45, 7) is 0. The van der Waals surface area contributed by atoms with Gasteiger partial charge in [0.15, 0.2) is 0 Å². The minimum Gasteiger partial charge on any atom is -0.310 e. The molecule has 17 rings (SSSR count). The lowest BCUT2D eigenvalue weighted by molar-refractivity contribution is 0.713. The monoisotopic (exact) mass is 1030 g/mol. The van der Waals surface area contributed by atoms with Crippen molar-refractivity contribution in [3.63, 3.8) is 0 Å². The van der Waals surface area contributed by atoms with Crippen LogP contribution < -0.4 is 4.90 Å². The zero-order chi connectivity index (χ0) is 51.1. The Balaban J connectivity index is 0.891. The largest absolute Gasteiger partial charge is 0.310 e. The van der Waals surface area contributed by atoms with Crippen molar-refractivity contribution in [1.82, 2.24) is 4.57 Å². The maximum Gasteiger partial charge on any atom is 0.0736 e. The maximum absolute atomic E-state index is 2.56. The lowest BCUT2D eigenvalue weighted by atomic mass is 9.66. The van der Waals surface area contributed by atoms with E-state index in [1.165, 1.54) is 125 Å². The molecule has 5 aliphatic rings. The molecule has 2 nitrogen and oxygen atoms in total. The van der Waals surface area contributed by atoms with E-state index in [1.807, 2.05) is 23.5 Å². The van der Waals surface area contributed by atoms with Gasteiger partial charge in [0.05, 0.1) is 21.9 Å². The van der Waals surface area contributed by atoms with Crippen molar-refractivity contribution in [2.24, 2.45) is 0 Å². The van der Waals surface area contributed by atoms with Gasteiger partial charge in [-0.05, 0) is 182 Å². The number of hydrogen-bond donors (Lipinski definition) is 0.